The molecule has 1 rings (SSSR count). The number of thiophene rings is 1. The standard InChI is InChI=1S/C11H19N3OS/c1-13(2)6-7-14(3)11(15)10(12)9-5-4-8-16-9/h4-5,8,10H,6-7,12H2,1-3H3. The Balaban J connectivity index is 2.50. The van der Waals surface area contributed by atoms with E-state index in [-0.39, 0.29) is 5.91 Å². The number of hydrogen-bond donors (Lipinski definition) is 1. The van der Waals surface area contributed by atoms with E-state index in [0.717, 1.165) is 11.4 Å². The van der Waals surface area contributed by atoms with E-state index in [4.69, 9.17) is 5.73 Å². The molecular weight excluding hydrogens is 222 g/mol. The molecule has 0 aromatic carbocycles. The van der Waals surface area contributed by atoms with Crippen LogP contribution >= 0.6 is 11.3 Å². The summed E-state index contributed by atoms with van der Waals surface area (Å²) in [4.78, 5) is 16.6. The van der Waals surface area contributed by atoms with Gasteiger partial charge < -0.3 is 15.5 Å². The minimum Gasteiger partial charge on any atom is -0.343 e. The van der Waals surface area contributed by atoms with Crippen LogP contribution in [0, 0.1) is 0 Å². The zero-order valence-corrected chi connectivity index (χ0v) is 10.8. The van der Waals surface area contributed by atoms with Gasteiger partial charge in [-0.3, -0.25) is 4.79 Å². The summed E-state index contributed by atoms with van der Waals surface area (Å²) >= 11 is 1.52. The molecule has 1 unspecified atom stereocenters. The van der Waals surface area contributed by atoms with E-state index in [1.54, 1.807) is 11.9 Å². The third-order valence-corrected chi connectivity index (χ3v) is 3.33. The normalized spacial score (nSPS) is 12.8. The van der Waals surface area contributed by atoms with Crippen LogP contribution in [0.25, 0.3) is 0 Å². The van der Waals surface area contributed by atoms with E-state index in [9.17, 15) is 4.79 Å². The summed E-state index contributed by atoms with van der Waals surface area (Å²) in [6, 6.07) is 3.28. The monoisotopic (exact) mass is 241 g/mol. The van der Waals surface area contributed by atoms with Crippen molar-refractivity contribution in [3.63, 3.8) is 0 Å². The maximum Gasteiger partial charge on any atom is 0.244 e. The molecule has 1 heterocycles. The lowest BCUT2D eigenvalue weighted by Gasteiger charge is -2.22. The fraction of sp³-hybridized carbons (Fsp3) is 0.545. The summed E-state index contributed by atoms with van der Waals surface area (Å²) in [5.41, 5.74) is 5.90. The van der Waals surface area contributed by atoms with Crippen LogP contribution in [-0.4, -0.2) is 49.9 Å². The quantitative estimate of drug-likeness (QED) is 0.828. The Morgan fingerprint density at radius 1 is 1.44 bits per heavy atom. The number of carbonyl (C=O) groups excluding carboxylic acids is 1. The SMILES string of the molecule is CN(C)CCN(C)C(=O)C(N)c1cccs1. The van der Waals surface area contributed by atoms with Gasteiger partial charge in [0.15, 0.2) is 0 Å². The lowest BCUT2D eigenvalue weighted by atomic mass is 10.2. The van der Waals surface area contributed by atoms with Crippen molar-refractivity contribution in [2.45, 2.75) is 6.04 Å². The highest BCUT2D eigenvalue weighted by molar-refractivity contribution is 7.10. The first-order valence-electron chi connectivity index (χ1n) is 5.21. The second-order valence-electron chi connectivity index (χ2n) is 4.06. The molecule has 0 saturated heterocycles. The molecular formula is C11H19N3OS. The first-order chi connectivity index (χ1) is 7.52. The Morgan fingerprint density at radius 2 is 2.12 bits per heavy atom. The average Bonchev–Trinajstić information content (AvgIpc) is 2.77. The Morgan fingerprint density at radius 3 is 2.62 bits per heavy atom. The van der Waals surface area contributed by atoms with Crippen LogP contribution < -0.4 is 5.73 Å². The molecule has 90 valence electrons. The van der Waals surface area contributed by atoms with E-state index in [1.807, 2.05) is 36.5 Å². The fourth-order valence-corrected chi connectivity index (χ4v) is 2.01. The predicted octanol–water partition coefficient (Wildman–Crippen LogP) is 0.768. The van der Waals surface area contributed by atoms with Gasteiger partial charge in [-0.1, -0.05) is 6.07 Å². The highest BCUT2D eigenvalue weighted by atomic mass is 32.1. The van der Waals surface area contributed by atoms with Gasteiger partial charge in [-0.05, 0) is 25.5 Å². The van der Waals surface area contributed by atoms with Crippen LogP contribution in [0.1, 0.15) is 10.9 Å². The molecule has 1 atom stereocenters. The Hall–Kier alpha value is -0.910. The molecule has 0 aliphatic heterocycles. The first kappa shape index (κ1) is 13.2. The number of likely N-dealkylation sites (N-methyl/N-ethyl adjacent to an activating group) is 2. The van der Waals surface area contributed by atoms with Crippen molar-refractivity contribution >= 4 is 17.2 Å². The second-order valence-corrected chi connectivity index (χ2v) is 5.04. The van der Waals surface area contributed by atoms with Crippen LogP contribution in [0.2, 0.25) is 0 Å². The molecule has 0 aliphatic rings. The topological polar surface area (TPSA) is 49.6 Å². The van der Waals surface area contributed by atoms with Crippen molar-refractivity contribution in [1.29, 1.82) is 0 Å². The molecule has 0 spiro atoms. The summed E-state index contributed by atoms with van der Waals surface area (Å²) in [7, 11) is 5.76. The van der Waals surface area contributed by atoms with Crippen LogP contribution in [0.5, 0.6) is 0 Å². The van der Waals surface area contributed by atoms with Crippen molar-refractivity contribution < 1.29 is 4.79 Å². The maximum absolute atomic E-state index is 11.9. The highest BCUT2D eigenvalue weighted by Crippen LogP contribution is 2.18. The molecule has 1 amide bonds. The minimum atomic E-state index is -0.521. The number of rotatable bonds is 5. The number of amides is 1. The van der Waals surface area contributed by atoms with Gasteiger partial charge in [-0.15, -0.1) is 11.3 Å². The molecule has 0 bridgehead atoms. The molecule has 4 nitrogen and oxygen atoms in total. The van der Waals surface area contributed by atoms with Gasteiger partial charge in [0.2, 0.25) is 5.91 Å². The third kappa shape index (κ3) is 3.59. The Bertz CT molecular complexity index is 324. The number of nitrogens with zero attached hydrogens (tertiary/aromatic N) is 2. The van der Waals surface area contributed by atoms with Crippen LogP contribution in [0.15, 0.2) is 17.5 Å². The summed E-state index contributed by atoms with van der Waals surface area (Å²) in [6.45, 7) is 1.55. The molecule has 0 aliphatic carbocycles. The largest absolute Gasteiger partial charge is 0.343 e. The second kappa shape index (κ2) is 5.98. The molecule has 1 aromatic rings. The van der Waals surface area contributed by atoms with E-state index in [1.165, 1.54) is 11.3 Å². The first-order valence-corrected chi connectivity index (χ1v) is 6.09. The molecule has 0 fully saturated rings. The minimum absolute atomic E-state index is 0.0238. The summed E-state index contributed by atoms with van der Waals surface area (Å²) < 4.78 is 0. The van der Waals surface area contributed by atoms with Gasteiger partial charge in [0.1, 0.15) is 6.04 Å². The van der Waals surface area contributed by atoms with Crippen LogP contribution in [0.3, 0.4) is 0 Å². The van der Waals surface area contributed by atoms with Crippen molar-refractivity contribution in [3.05, 3.63) is 22.4 Å². The van der Waals surface area contributed by atoms with Gasteiger partial charge in [-0.2, -0.15) is 0 Å². The lowest BCUT2D eigenvalue weighted by Crippen LogP contribution is -2.39. The Kier molecular flexibility index (Phi) is 4.92. The highest BCUT2D eigenvalue weighted by Gasteiger charge is 2.20. The van der Waals surface area contributed by atoms with Gasteiger partial charge in [0, 0.05) is 25.0 Å². The van der Waals surface area contributed by atoms with Gasteiger partial charge in [0.25, 0.3) is 0 Å². The van der Waals surface area contributed by atoms with E-state index >= 15 is 0 Å². The summed E-state index contributed by atoms with van der Waals surface area (Å²) in [5, 5.41) is 1.93. The number of hydrogen-bond acceptors (Lipinski definition) is 4. The van der Waals surface area contributed by atoms with Crippen LogP contribution in [-0.2, 0) is 4.79 Å². The van der Waals surface area contributed by atoms with E-state index in [0.29, 0.717) is 6.54 Å². The molecule has 16 heavy (non-hydrogen) atoms. The lowest BCUT2D eigenvalue weighted by molar-refractivity contribution is -0.131. The maximum atomic E-state index is 11.9. The fourth-order valence-electron chi connectivity index (χ4n) is 1.29. The predicted molar refractivity (Wildman–Crippen MR) is 67.4 cm³/mol. The van der Waals surface area contributed by atoms with Crippen molar-refractivity contribution in [1.82, 2.24) is 9.80 Å². The van der Waals surface area contributed by atoms with E-state index in [2.05, 4.69) is 0 Å². The molecule has 2 N–H and O–H groups in total. The zero-order valence-electron chi connectivity index (χ0n) is 10.0. The Labute approximate surface area is 101 Å². The van der Waals surface area contributed by atoms with Crippen molar-refractivity contribution in [2.24, 2.45) is 5.73 Å². The summed E-state index contributed by atoms with van der Waals surface area (Å²) in [6.07, 6.45) is 0. The zero-order chi connectivity index (χ0) is 12.1. The average molecular weight is 241 g/mol. The number of nitrogens with two attached hydrogens (primary N) is 1. The van der Waals surface area contributed by atoms with Crippen molar-refractivity contribution in [3.8, 4) is 0 Å². The number of carbonyl (C=O) groups is 1. The van der Waals surface area contributed by atoms with Gasteiger partial charge in [-0.25, -0.2) is 0 Å². The molecule has 0 radical (unpaired) electrons. The molecule has 0 saturated carbocycles. The van der Waals surface area contributed by atoms with Gasteiger partial charge in [0.05, 0.1) is 0 Å². The summed E-state index contributed by atoms with van der Waals surface area (Å²) in [5.74, 6) is -0.0238. The van der Waals surface area contributed by atoms with E-state index < -0.39 is 6.04 Å². The smallest absolute Gasteiger partial charge is 0.244 e. The van der Waals surface area contributed by atoms with Crippen LogP contribution in [0.4, 0.5) is 0 Å². The molecule has 1 aromatic heterocycles. The third-order valence-electron chi connectivity index (χ3n) is 2.37. The van der Waals surface area contributed by atoms with Crippen molar-refractivity contribution in [2.75, 3.05) is 34.2 Å². The van der Waals surface area contributed by atoms with Gasteiger partial charge >= 0.3 is 0 Å². The molecule has 5 heteroatoms.